The van der Waals surface area contributed by atoms with Crippen LogP contribution in [0.25, 0.3) is 113 Å². The number of H-pyrrole nitrogens is 5. The fourth-order valence-corrected chi connectivity index (χ4v) is 17.2. The summed E-state index contributed by atoms with van der Waals surface area (Å²) >= 11 is 17.0. The smallest absolute Gasteiger partial charge is 0.157 e. The minimum Gasteiger partial charge on any atom is -0.491 e. The average Bonchev–Trinajstić information content (AvgIpc) is 1.69. The Morgan fingerprint density at radius 1 is 0.346 bits per heavy atom. The van der Waals surface area contributed by atoms with Gasteiger partial charge in [0.2, 0.25) is 0 Å². The van der Waals surface area contributed by atoms with Crippen molar-refractivity contribution in [3.05, 3.63) is 205 Å². The molecular formula is C96H109Br5N20O12. The Labute approximate surface area is 811 Å². The number of morpholine rings is 1. The van der Waals surface area contributed by atoms with Crippen molar-refractivity contribution in [2.75, 3.05) is 144 Å². The molecule has 5 aromatic carbocycles. The summed E-state index contributed by atoms with van der Waals surface area (Å²) in [6, 6.07) is 47.9. The number of benzene rings is 5. The maximum Gasteiger partial charge on any atom is 0.157 e. The van der Waals surface area contributed by atoms with E-state index in [0.717, 1.165) is 237 Å². The topological polar surface area (TPSA) is 401 Å². The molecule has 6 atom stereocenters. The Kier molecular flexibility index (Phi) is 35.6. The van der Waals surface area contributed by atoms with E-state index in [1.807, 2.05) is 152 Å². The number of aromatic nitrogens is 15. The van der Waals surface area contributed by atoms with Gasteiger partial charge in [-0.15, -0.1) is 0 Å². The molecule has 133 heavy (non-hydrogen) atoms. The predicted octanol–water partition coefficient (Wildman–Crippen LogP) is 15.0. The van der Waals surface area contributed by atoms with Gasteiger partial charge in [-0.05, 0) is 303 Å². The third-order valence-corrected chi connectivity index (χ3v) is 24.8. The van der Waals surface area contributed by atoms with E-state index in [1.54, 1.807) is 31.0 Å². The molecule has 14 heterocycles. The number of likely N-dealkylation sites (tertiary alicyclic amines) is 3. The Morgan fingerprint density at radius 3 is 0.850 bits per heavy atom. The van der Waals surface area contributed by atoms with Gasteiger partial charge in [-0.25, -0.2) is 49.8 Å². The number of rotatable bonds is 32. The SMILES string of the molecule is CCN(CC)CC(O)COc1ccc(-c2nc3cc(Br)cnc3[nH]2)cc1.OC(COc1ccc(-c2nc3cc(Br)cnc3[nH]2)cc1)CN1CCCC1.OC(COc1ccc(-c2nc3cc(Br)cnc3[nH]2)cc1)CN1CCCCC1.OC(COc1ccc(-c2nc3cc(Br)cnc3[nH]2)cc1)CN1CCOCC1.OC1CCN(CC(O)COc2ccc(-c3nc4cc(Br)cnc4[nH]3)cc2)C1. The van der Waals surface area contributed by atoms with Gasteiger partial charge < -0.3 is 98.7 Å². The maximum atomic E-state index is 10.2. The minimum absolute atomic E-state index is 0.217. The van der Waals surface area contributed by atoms with Crippen LogP contribution in [-0.2, 0) is 4.74 Å². The van der Waals surface area contributed by atoms with E-state index in [1.165, 1.54) is 32.1 Å². The lowest BCUT2D eigenvalue weighted by Gasteiger charge is -2.28. The number of aromatic amines is 5. The molecule has 15 aromatic rings. The van der Waals surface area contributed by atoms with Crippen molar-refractivity contribution in [2.45, 2.75) is 89.0 Å². The van der Waals surface area contributed by atoms with Crippen molar-refractivity contribution in [1.82, 2.24) is 99.3 Å². The summed E-state index contributed by atoms with van der Waals surface area (Å²) in [5.74, 6) is 7.43. The largest absolute Gasteiger partial charge is 0.491 e. The van der Waals surface area contributed by atoms with Crippen molar-refractivity contribution in [3.8, 4) is 85.7 Å². The van der Waals surface area contributed by atoms with Gasteiger partial charge >= 0.3 is 0 Å². The number of halogens is 5. The molecule has 0 radical (unpaired) electrons. The standard InChI is InChI=1S/C20H23BrN4O2.2C19H21BrN4O3.C19H21BrN4O2.C19H23BrN4O2/c21-15-10-18-20(22-11-15)24-19(23-18)14-4-6-17(7-5-14)27-13-16(26)12-25-8-2-1-3-9-25;20-14-9-17-19(21-10-14)23-18(22-17)13-1-3-16(4-2-13)27-12-15(25)11-24-5-7-26-8-6-24;20-13-7-17-19(21-8-13)23-18(22-17)12-1-3-16(4-2-12)27-11-15(26)10-24-6-5-14(25)9-24;20-14-9-17-19(21-10-14)23-18(22-17)13-3-5-16(6-4-13)26-12-15(25)11-24-7-1-2-8-24;1-3-24(4-2)11-15(25)12-26-16-7-5-13(6-8-16)18-22-17-9-14(20)10-21-19(17)23-18/h4-7,10-11,16,26H,1-3,8-9,12-13H2,(H,22,23,24);1-4,9-10,15,25H,5-8,11-12H2,(H,21,22,23);1-4,7-8,14-15,25-26H,5-6,9-11H2,(H,21,22,23);3-6,9-10,15,25H,1-2,7-8,11-12H2,(H,21,22,23);5-10,15,25H,3-4,11-12H2,1-2H3,(H,21,22,23). The van der Waals surface area contributed by atoms with Gasteiger partial charge in [0, 0.05) is 140 Å². The predicted molar refractivity (Wildman–Crippen MR) is 531 cm³/mol. The molecule has 10 aromatic heterocycles. The van der Waals surface area contributed by atoms with Crippen LogP contribution in [-0.4, -0.2) is 311 Å². The molecule has 4 aliphatic rings. The van der Waals surface area contributed by atoms with E-state index in [0.29, 0.717) is 58.2 Å². The van der Waals surface area contributed by atoms with E-state index in [9.17, 15) is 30.6 Å². The second-order valence-electron chi connectivity index (χ2n) is 32.9. The Bertz CT molecular complexity index is 5670. The molecule has 11 N–H and O–H groups in total. The molecule has 0 amide bonds. The van der Waals surface area contributed by atoms with Crippen LogP contribution in [0.15, 0.2) is 205 Å². The van der Waals surface area contributed by atoms with Gasteiger partial charge in [0.15, 0.2) is 28.2 Å². The third kappa shape index (κ3) is 29.1. The highest BCUT2D eigenvalue weighted by molar-refractivity contribution is 9.11. The van der Waals surface area contributed by atoms with Gasteiger partial charge in [0.1, 0.15) is 149 Å². The van der Waals surface area contributed by atoms with Gasteiger partial charge in [0.05, 0.1) is 19.3 Å². The van der Waals surface area contributed by atoms with Crippen molar-refractivity contribution >= 4 is 135 Å². The number of hydrogen-bond acceptors (Lipinski definition) is 27. The van der Waals surface area contributed by atoms with Gasteiger partial charge in [-0.1, -0.05) is 20.3 Å². The summed E-state index contributed by atoms with van der Waals surface area (Å²) < 4.78 is 38.4. The Hall–Kier alpha value is -9.88. The number of nitrogens with zero attached hydrogens (tertiary/aromatic N) is 15. The molecule has 6 unspecified atom stereocenters. The van der Waals surface area contributed by atoms with E-state index in [-0.39, 0.29) is 25.9 Å². The molecule has 4 saturated heterocycles. The number of pyridine rings is 5. The lowest BCUT2D eigenvalue weighted by Crippen LogP contribution is -2.42. The number of imidazole rings is 5. The van der Waals surface area contributed by atoms with Crippen LogP contribution >= 0.6 is 79.6 Å². The van der Waals surface area contributed by atoms with Crippen LogP contribution in [0.4, 0.5) is 0 Å². The molecule has 0 aliphatic carbocycles. The van der Waals surface area contributed by atoms with Crippen molar-refractivity contribution in [2.24, 2.45) is 0 Å². The van der Waals surface area contributed by atoms with E-state index in [2.05, 4.69) is 193 Å². The van der Waals surface area contributed by atoms with Gasteiger partial charge in [-0.3, -0.25) is 9.80 Å². The van der Waals surface area contributed by atoms with Gasteiger partial charge in [-0.2, -0.15) is 0 Å². The number of ether oxygens (including phenoxy) is 6. The molecule has 4 fully saturated rings. The quantitative estimate of drug-likeness (QED) is 0.0186. The van der Waals surface area contributed by atoms with Crippen LogP contribution in [0, 0.1) is 0 Å². The second kappa shape index (κ2) is 48.5. The number of piperidine rings is 1. The summed E-state index contributed by atoms with van der Waals surface area (Å²) in [5.41, 5.74) is 12.6. The highest BCUT2D eigenvalue weighted by Crippen LogP contribution is 2.32. The fourth-order valence-electron chi connectivity index (χ4n) is 15.6. The molecule has 37 heteroatoms. The molecular weight excluding hydrogens is 2020 g/mol. The minimum atomic E-state index is -0.588. The zero-order chi connectivity index (χ0) is 92.5. The van der Waals surface area contributed by atoms with Crippen LogP contribution < -0.4 is 23.7 Å². The number of hydrogen-bond donors (Lipinski definition) is 11. The number of fused-ring (bicyclic) bond motifs is 5. The summed E-state index contributed by atoms with van der Waals surface area (Å²) in [5, 5.41) is 60.2. The number of likely N-dealkylation sites (N-methyl/N-ethyl adjacent to an activating group) is 1. The first-order valence-electron chi connectivity index (χ1n) is 44.7. The normalized spacial score (nSPS) is 16.2. The van der Waals surface area contributed by atoms with Crippen molar-refractivity contribution in [3.63, 3.8) is 0 Å². The molecule has 4 aliphatic heterocycles. The lowest BCUT2D eigenvalue weighted by atomic mass is 10.1. The van der Waals surface area contributed by atoms with E-state index < -0.39 is 30.5 Å². The molecule has 0 saturated carbocycles. The van der Waals surface area contributed by atoms with Crippen molar-refractivity contribution < 1.29 is 59.1 Å². The van der Waals surface area contributed by atoms with E-state index >= 15 is 0 Å². The Morgan fingerprint density at radius 2 is 0.594 bits per heavy atom. The number of aliphatic hydroxyl groups is 6. The zero-order valence-corrected chi connectivity index (χ0v) is 81.7. The summed E-state index contributed by atoms with van der Waals surface area (Å²) in [7, 11) is 0. The fraction of sp³-hybridized carbons (Fsp3) is 0.375. The van der Waals surface area contributed by atoms with Gasteiger partial charge in [0.25, 0.3) is 0 Å². The number of aliphatic hydroxyl groups excluding tert-OH is 6. The van der Waals surface area contributed by atoms with Crippen LogP contribution in [0.3, 0.4) is 0 Å². The van der Waals surface area contributed by atoms with E-state index in [4.69, 9.17) is 28.4 Å². The summed E-state index contributed by atoms with van der Waals surface area (Å²) in [6.07, 6.45) is 12.8. The first kappa shape index (κ1) is 97.7. The molecule has 0 bridgehead atoms. The molecule has 700 valence electrons. The number of β-amino-alcohol motifs (C(OH)–C–C–N with tert-alkyl or cyclic N) is 5. The monoisotopic (exact) mass is 2130 g/mol. The highest BCUT2D eigenvalue weighted by atomic mass is 79.9. The molecule has 32 nitrogen and oxygen atoms in total. The average molecular weight is 2130 g/mol. The first-order chi connectivity index (χ1) is 64.7. The highest BCUT2D eigenvalue weighted by Gasteiger charge is 2.25. The summed E-state index contributed by atoms with van der Waals surface area (Å²) in [6.45, 7) is 19.4. The molecule has 19 rings (SSSR count). The van der Waals surface area contributed by atoms with Crippen LogP contribution in [0.2, 0.25) is 0 Å². The maximum absolute atomic E-state index is 10.2. The Balaban J connectivity index is 0.000000127. The second-order valence-corrected chi connectivity index (χ2v) is 37.5. The van der Waals surface area contributed by atoms with Crippen LogP contribution in [0.1, 0.15) is 52.4 Å². The van der Waals surface area contributed by atoms with Crippen molar-refractivity contribution in [1.29, 1.82) is 0 Å². The summed E-state index contributed by atoms with van der Waals surface area (Å²) in [4.78, 5) is 71.5. The first-order valence-corrected chi connectivity index (χ1v) is 48.6. The molecule has 0 spiro atoms. The zero-order valence-electron chi connectivity index (χ0n) is 73.8. The third-order valence-electron chi connectivity index (χ3n) is 22.6. The lowest BCUT2D eigenvalue weighted by molar-refractivity contribution is 0.00465. The van der Waals surface area contributed by atoms with Crippen LogP contribution in [0.5, 0.6) is 28.7 Å². The number of nitrogens with one attached hydrogen (secondary N) is 5.